The number of hydrogen-bond donors (Lipinski definition) is 2. The number of amides is 1. The molecule has 1 heterocycles. The fourth-order valence-electron chi connectivity index (χ4n) is 1.55. The number of aromatic nitrogens is 1. The van der Waals surface area contributed by atoms with Crippen LogP contribution >= 0.6 is 0 Å². The molecule has 22 heavy (non-hydrogen) atoms. The Morgan fingerprint density at radius 2 is 2.00 bits per heavy atom. The Bertz CT molecular complexity index is 544. The molecule has 0 spiro atoms. The van der Waals surface area contributed by atoms with Gasteiger partial charge < -0.3 is 19.9 Å². The van der Waals surface area contributed by atoms with Gasteiger partial charge in [0.2, 0.25) is 5.91 Å². The lowest BCUT2D eigenvalue weighted by atomic mass is 10.1. The topological polar surface area (TPSA) is 93.5 Å². The lowest BCUT2D eigenvalue weighted by Gasteiger charge is -2.34. The van der Waals surface area contributed by atoms with Crippen molar-refractivity contribution in [1.82, 2.24) is 10.5 Å². The van der Waals surface area contributed by atoms with Crippen LogP contribution in [0.2, 0.25) is 0 Å². The van der Waals surface area contributed by atoms with Crippen LogP contribution < -0.4 is 10.6 Å². The van der Waals surface area contributed by atoms with E-state index in [4.69, 9.17) is 0 Å². The normalized spacial score (nSPS) is 14.1. The summed E-state index contributed by atoms with van der Waals surface area (Å²) in [4.78, 5) is 23.4. The van der Waals surface area contributed by atoms with Crippen molar-refractivity contribution in [2.75, 3.05) is 11.9 Å². The summed E-state index contributed by atoms with van der Waals surface area (Å²) in [5.74, 6) is -2.81. The summed E-state index contributed by atoms with van der Waals surface area (Å²) in [7, 11) is 0. The van der Waals surface area contributed by atoms with Gasteiger partial charge in [0.15, 0.2) is 5.82 Å². The quantitative estimate of drug-likeness (QED) is 0.612. The first-order valence-electron chi connectivity index (χ1n) is 6.42. The van der Waals surface area contributed by atoms with E-state index in [9.17, 15) is 22.8 Å². The molecule has 0 bridgehead atoms. The largest absolute Gasteiger partial charge is 0.463 e. The molecular weight excluding hydrogens is 307 g/mol. The van der Waals surface area contributed by atoms with Gasteiger partial charge in [0.25, 0.3) is 0 Å². The highest BCUT2D eigenvalue weighted by molar-refractivity contribution is 5.91. The summed E-state index contributed by atoms with van der Waals surface area (Å²) in [5.41, 5.74) is -3.45. The highest BCUT2D eigenvalue weighted by Crippen LogP contribution is 2.33. The Kier molecular flexibility index (Phi) is 5.39. The van der Waals surface area contributed by atoms with Gasteiger partial charge >= 0.3 is 17.8 Å². The molecule has 0 saturated carbocycles. The van der Waals surface area contributed by atoms with Gasteiger partial charge in [0.1, 0.15) is 5.76 Å². The van der Waals surface area contributed by atoms with Gasteiger partial charge in [-0.3, -0.25) is 4.79 Å². The van der Waals surface area contributed by atoms with Crippen molar-refractivity contribution in [3.63, 3.8) is 0 Å². The Balaban J connectivity index is 3.29. The van der Waals surface area contributed by atoms with Gasteiger partial charge in [-0.25, -0.2) is 4.79 Å². The molecule has 2 N–H and O–H groups in total. The van der Waals surface area contributed by atoms with Crippen LogP contribution in [0.4, 0.5) is 19.0 Å². The lowest BCUT2D eigenvalue weighted by Crippen LogP contribution is -2.69. The van der Waals surface area contributed by atoms with Crippen LogP contribution in [0.1, 0.15) is 26.0 Å². The summed E-state index contributed by atoms with van der Waals surface area (Å²) in [5, 5.41) is 6.84. The van der Waals surface area contributed by atoms with Crippen molar-refractivity contribution < 1.29 is 32.0 Å². The number of rotatable bonds is 6. The molecule has 0 aliphatic rings. The third-order valence-corrected chi connectivity index (χ3v) is 2.60. The summed E-state index contributed by atoms with van der Waals surface area (Å²) in [6.45, 7) is 3.86. The van der Waals surface area contributed by atoms with Gasteiger partial charge in [0.05, 0.1) is 6.61 Å². The minimum absolute atomic E-state index is 0.226. The van der Waals surface area contributed by atoms with Crippen molar-refractivity contribution >= 4 is 17.7 Å². The van der Waals surface area contributed by atoms with Crippen LogP contribution in [0.15, 0.2) is 10.6 Å². The standard InChI is InChI=1S/C12H16F3N3O4/c1-4-9(19)17-11(12(13,14)15,10(20)21-5-2)16-8-6-7(3)22-18-8/h6H,4-5H2,1-3H3,(H,16,18)(H,17,19)/t11-/m1/s1. The van der Waals surface area contributed by atoms with Crippen molar-refractivity contribution in [1.29, 1.82) is 0 Å². The third kappa shape index (κ3) is 3.68. The number of esters is 1. The van der Waals surface area contributed by atoms with E-state index < -0.39 is 23.7 Å². The zero-order valence-electron chi connectivity index (χ0n) is 12.2. The first-order valence-corrected chi connectivity index (χ1v) is 6.42. The second-order valence-corrected chi connectivity index (χ2v) is 4.32. The van der Waals surface area contributed by atoms with Crippen LogP contribution in [0, 0.1) is 6.92 Å². The minimum Gasteiger partial charge on any atom is -0.463 e. The summed E-state index contributed by atoms with van der Waals surface area (Å²) in [6.07, 6.45) is -5.42. The van der Waals surface area contributed by atoms with Crippen molar-refractivity contribution in [2.45, 2.75) is 39.0 Å². The summed E-state index contributed by atoms with van der Waals surface area (Å²) in [6, 6.07) is 1.15. The fourth-order valence-corrected chi connectivity index (χ4v) is 1.55. The smallest absolute Gasteiger partial charge is 0.441 e. The third-order valence-electron chi connectivity index (χ3n) is 2.60. The van der Waals surface area contributed by atoms with Crippen molar-refractivity contribution in [3.8, 4) is 0 Å². The molecule has 1 aromatic rings. The van der Waals surface area contributed by atoms with E-state index in [0.29, 0.717) is 0 Å². The number of carbonyl (C=O) groups is 2. The lowest BCUT2D eigenvalue weighted by molar-refractivity contribution is -0.208. The van der Waals surface area contributed by atoms with E-state index in [-0.39, 0.29) is 24.6 Å². The van der Waals surface area contributed by atoms with Gasteiger partial charge in [-0.1, -0.05) is 12.1 Å². The van der Waals surface area contributed by atoms with Gasteiger partial charge in [-0.05, 0) is 13.8 Å². The number of nitrogens with one attached hydrogen (secondary N) is 2. The maximum atomic E-state index is 13.5. The Labute approximate surface area is 124 Å². The van der Waals surface area contributed by atoms with Crippen LogP contribution in [-0.2, 0) is 14.3 Å². The van der Waals surface area contributed by atoms with Crippen LogP contribution in [0.25, 0.3) is 0 Å². The number of carbonyl (C=O) groups excluding carboxylic acids is 2. The number of anilines is 1. The molecule has 0 aliphatic carbocycles. The second kappa shape index (κ2) is 6.67. The average molecular weight is 323 g/mol. The minimum atomic E-state index is -5.17. The van der Waals surface area contributed by atoms with E-state index in [1.54, 1.807) is 5.32 Å². The molecule has 0 fully saturated rings. The number of aryl methyl sites for hydroxylation is 1. The molecule has 0 aliphatic heterocycles. The van der Waals surface area contributed by atoms with E-state index in [2.05, 4.69) is 14.4 Å². The molecule has 1 amide bonds. The monoisotopic (exact) mass is 323 g/mol. The molecule has 10 heteroatoms. The molecule has 0 saturated heterocycles. The Morgan fingerprint density at radius 1 is 1.36 bits per heavy atom. The zero-order chi connectivity index (χ0) is 17.0. The Hall–Kier alpha value is -2.26. The number of hydrogen-bond acceptors (Lipinski definition) is 6. The average Bonchev–Trinajstić information content (AvgIpc) is 2.81. The molecule has 1 rings (SSSR count). The first-order chi connectivity index (χ1) is 10.2. The van der Waals surface area contributed by atoms with E-state index in [1.165, 1.54) is 20.8 Å². The highest BCUT2D eigenvalue weighted by atomic mass is 19.4. The molecule has 7 nitrogen and oxygen atoms in total. The van der Waals surface area contributed by atoms with E-state index in [0.717, 1.165) is 6.07 Å². The molecular formula is C12H16F3N3O4. The molecule has 0 aromatic carbocycles. The van der Waals surface area contributed by atoms with Gasteiger partial charge in [0, 0.05) is 12.5 Å². The van der Waals surface area contributed by atoms with Crippen molar-refractivity contribution in [3.05, 3.63) is 11.8 Å². The maximum Gasteiger partial charge on any atom is 0.441 e. The Morgan fingerprint density at radius 3 is 2.41 bits per heavy atom. The predicted octanol–water partition coefficient (Wildman–Crippen LogP) is 1.74. The molecule has 1 atom stereocenters. The van der Waals surface area contributed by atoms with Gasteiger partial charge in [-0.15, -0.1) is 0 Å². The van der Waals surface area contributed by atoms with Crippen LogP contribution in [0.5, 0.6) is 0 Å². The number of alkyl halides is 3. The first kappa shape index (κ1) is 17.8. The SMILES string of the molecule is CCOC(=O)[C@](NC(=O)CC)(Nc1cc(C)on1)C(F)(F)F. The zero-order valence-corrected chi connectivity index (χ0v) is 12.2. The molecule has 124 valence electrons. The van der Waals surface area contributed by atoms with Crippen LogP contribution in [-0.4, -0.2) is 35.5 Å². The predicted molar refractivity (Wildman–Crippen MR) is 68.7 cm³/mol. The van der Waals surface area contributed by atoms with Gasteiger partial charge in [-0.2, -0.15) is 13.2 Å². The number of nitrogens with zero attached hydrogens (tertiary/aromatic N) is 1. The van der Waals surface area contributed by atoms with E-state index >= 15 is 0 Å². The molecule has 0 unspecified atom stereocenters. The highest BCUT2D eigenvalue weighted by Gasteiger charge is 2.63. The fraction of sp³-hybridized carbons (Fsp3) is 0.583. The summed E-state index contributed by atoms with van der Waals surface area (Å²) >= 11 is 0. The van der Waals surface area contributed by atoms with E-state index in [1.807, 2.05) is 5.32 Å². The summed E-state index contributed by atoms with van der Waals surface area (Å²) < 4.78 is 49.6. The second-order valence-electron chi connectivity index (χ2n) is 4.32. The maximum absolute atomic E-state index is 13.5. The number of halogens is 3. The number of ether oxygens (including phenoxy) is 1. The molecule has 1 aromatic heterocycles. The van der Waals surface area contributed by atoms with Crippen molar-refractivity contribution in [2.24, 2.45) is 0 Å². The molecule has 0 radical (unpaired) electrons. The van der Waals surface area contributed by atoms with Crippen LogP contribution in [0.3, 0.4) is 0 Å².